The van der Waals surface area contributed by atoms with Crippen molar-refractivity contribution >= 4 is 0 Å². The molecule has 3 heteroatoms. The molecule has 0 saturated heterocycles. The summed E-state index contributed by atoms with van der Waals surface area (Å²) in [6.07, 6.45) is 5.52. The van der Waals surface area contributed by atoms with Crippen molar-refractivity contribution in [1.82, 2.24) is 15.0 Å². The van der Waals surface area contributed by atoms with Crippen LogP contribution in [0.1, 0.15) is 18.9 Å². The molecule has 0 aliphatic heterocycles. The summed E-state index contributed by atoms with van der Waals surface area (Å²) < 4.78 is 2.23. The lowest BCUT2D eigenvalue weighted by molar-refractivity contribution is 0.286. The third kappa shape index (κ3) is 3.61. The van der Waals surface area contributed by atoms with Crippen LogP contribution in [0.2, 0.25) is 0 Å². The van der Waals surface area contributed by atoms with E-state index in [0.29, 0.717) is 0 Å². The Morgan fingerprint density at radius 1 is 1.46 bits per heavy atom. The fraction of sp³-hybridized carbons (Fsp3) is 0.600. The van der Waals surface area contributed by atoms with E-state index in [-0.39, 0.29) is 0 Å². The van der Waals surface area contributed by atoms with Gasteiger partial charge in [0.2, 0.25) is 0 Å². The lowest BCUT2D eigenvalue weighted by Gasteiger charge is -2.10. The SMILES string of the molecule is CCCn1ccc(CNN(C)C)c1. The minimum Gasteiger partial charge on any atom is -0.354 e. The minimum absolute atomic E-state index is 0.906. The van der Waals surface area contributed by atoms with Crippen LogP contribution in [0.4, 0.5) is 0 Å². The van der Waals surface area contributed by atoms with E-state index in [0.717, 1.165) is 13.1 Å². The fourth-order valence-corrected chi connectivity index (χ4v) is 1.24. The van der Waals surface area contributed by atoms with Crippen LogP contribution in [0.3, 0.4) is 0 Å². The zero-order valence-electron chi connectivity index (χ0n) is 8.75. The molecular formula is C10H19N3. The summed E-state index contributed by atoms with van der Waals surface area (Å²) in [5, 5.41) is 1.97. The van der Waals surface area contributed by atoms with Crippen molar-refractivity contribution < 1.29 is 0 Å². The largest absolute Gasteiger partial charge is 0.354 e. The first-order valence-electron chi connectivity index (χ1n) is 4.78. The molecule has 1 heterocycles. The van der Waals surface area contributed by atoms with Gasteiger partial charge >= 0.3 is 0 Å². The Labute approximate surface area is 80.3 Å². The van der Waals surface area contributed by atoms with Gasteiger partial charge in [0.15, 0.2) is 0 Å². The van der Waals surface area contributed by atoms with Crippen LogP contribution in [0.5, 0.6) is 0 Å². The van der Waals surface area contributed by atoms with Crippen LogP contribution in [0, 0.1) is 0 Å². The maximum atomic E-state index is 3.24. The number of hydrogen-bond acceptors (Lipinski definition) is 2. The van der Waals surface area contributed by atoms with Crippen molar-refractivity contribution in [1.29, 1.82) is 0 Å². The number of rotatable bonds is 5. The van der Waals surface area contributed by atoms with E-state index in [2.05, 4.69) is 35.4 Å². The summed E-state index contributed by atoms with van der Waals surface area (Å²) in [6.45, 7) is 4.21. The van der Waals surface area contributed by atoms with Gasteiger partial charge in [0.05, 0.1) is 0 Å². The lowest BCUT2D eigenvalue weighted by atomic mass is 10.3. The smallest absolute Gasteiger partial charge is 0.0368 e. The molecule has 0 saturated carbocycles. The van der Waals surface area contributed by atoms with E-state index in [4.69, 9.17) is 0 Å². The predicted molar refractivity (Wildman–Crippen MR) is 55.2 cm³/mol. The number of aryl methyl sites for hydroxylation is 1. The Hall–Kier alpha value is -0.800. The molecule has 74 valence electrons. The van der Waals surface area contributed by atoms with Crippen LogP contribution in [0.15, 0.2) is 18.5 Å². The molecule has 0 radical (unpaired) electrons. The first-order valence-corrected chi connectivity index (χ1v) is 4.78. The monoisotopic (exact) mass is 181 g/mol. The number of aromatic nitrogens is 1. The van der Waals surface area contributed by atoms with Crippen molar-refractivity contribution in [3.63, 3.8) is 0 Å². The summed E-state index contributed by atoms with van der Waals surface area (Å²) in [7, 11) is 4.01. The second-order valence-electron chi connectivity index (χ2n) is 3.49. The summed E-state index contributed by atoms with van der Waals surface area (Å²) in [5.74, 6) is 0. The highest BCUT2D eigenvalue weighted by molar-refractivity contribution is 5.09. The van der Waals surface area contributed by atoms with E-state index in [1.54, 1.807) is 0 Å². The number of nitrogens with one attached hydrogen (secondary N) is 1. The topological polar surface area (TPSA) is 20.2 Å². The van der Waals surface area contributed by atoms with E-state index < -0.39 is 0 Å². The van der Waals surface area contributed by atoms with Gasteiger partial charge in [-0.15, -0.1) is 0 Å². The molecular weight excluding hydrogens is 162 g/mol. The lowest BCUT2D eigenvalue weighted by Crippen LogP contribution is -2.29. The van der Waals surface area contributed by atoms with Gasteiger partial charge in [0.1, 0.15) is 0 Å². The molecule has 1 aromatic heterocycles. The van der Waals surface area contributed by atoms with Gasteiger partial charge in [-0.2, -0.15) is 0 Å². The van der Waals surface area contributed by atoms with E-state index in [1.807, 2.05) is 19.1 Å². The Kier molecular flexibility index (Phi) is 3.99. The molecule has 0 aliphatic rings. The molecule has 0 bridgehead atoms. The molecule has 0 aromatic carbocycles. The maximum absolute atomic E-state index is 3.24. The molecule has 13 heavy (non-hydrogen) atoms. The van der Waals surface area contributed by atoms with Crippen LogP contribution in [-0.2, 0) is 13.1 Å². The molecule has 0 atom stereocenters. The van der Waals surface area contributed by atoms with Gasteiger partial charge in [0, 0.05) is 39.6 Å². The van der Waals surface area contributed by atoms with Crippen LogP contribution in [0.25, 0.3) is 0 Å². The summed E-state index contributed by atoms with van der Waals surface area (Å²) in [4.78, 5) is 0. The Balaban J connectivity index is 2.39. The van der Waals surface area contributed by atoms with Crippen molar-refractivity contribution in [2.24, 2.45) is 0 Å². The normalized spacial score (nSPS) is 11.1. The van der Waals surface area contributed by atoms with Crippen LogP contribution >= 0.6 is 0 Å². The average Bonchev–Trinajstić information content (AvgIpc) is 2.50. The Morgan fingerprint density at radius 3 is 2.85 bits per heavy atom. The second-order valence-corrected chi connectivity index (χ2v) is 3.49. The molecule has 0 spiro atoms. The Bertz CT molecular complexity index is 240. The number of hydrogen-bond donors (Lipinski definition) is 1. The highest BCUT2D eigenvalue weighted by Gasteiger charge is 1.96. The first kappa shape index (κ1) is 10.3. The van der Waals surface area contributed by atoms with E-state index in [9.17, 15) is 0 Å². The fourth-order valence-electron chi connectivity index (χ4n) is 1.24. The van der Waals surface area contributed by atoms with Gasteiger partial charge in [0.25, 0.3) is 0 Å². The number of nitrogens with zero attached hydrogens (tertiary/aromatic N) is 2. The maximum Gasteiger partial charge on any atom is 0.0368 e. The van der Waals surface area contributed by atoms with Crippen molar-refractivity contribution in [2.75, 3.05) is 14.1 Å². The summed E-state index contributed by atoms with van der Waals surface area (Å²) in [6, 6.07) is 2.16. The second kappa shape index (κ2) is 5.04. The van der Waals surface area contributed by atoms with Crippen LogP contribution in [-0.4, -0.2) is 23.7 Å². The van der Waals surface area contributed by atoms with Gasteiger partial charge in [-0.25, -0.2) is 0 Å². The summed E-state index contributed by atoms with van der Waals surface area (Å²) in [5.41, 5.74) is 4.57. The van der Waals surface area contributed by atoms with Crippen molar-refractivity contribution in [2.45, 2.75) is 26.4 Å². The van der Waals surface area contributed by atoms with Crippen molar-refractivity contribution in [3.8, 4) is 0 Å². The third-order valence-corrected chi connectivity index (χ3v) is 1.89. The molecule has 0 amide bonds. The quantitative estimate of drug-likeness (QED) is 0.694. The molecule has 0 unspecified atom stereocenters. The molecule has 0 fully saturated rings. The zero-order chi connectivity index (χ0) is 9.68. The average molecular weight is 181 g/mol. The molecule has 3 nitrogen and oxygen atoms in total. The molecule has 1 aromatic rings. The summed E-state index contributed by atoms with van der Waals surface area (Å²) >= 11 is 0. The predicted octanol–water partition coefficient (Wildman–Crippen LogP) is 1.46. The molecule has 1 rings (SSSR count). The van der Waals surface area contributed by atoms with E-state index >= 15 is 0 Å². The van der Waals surface area contributed by atoms with Crippen LogP contribution < -0.4 is 5.43 Å². The van der Waals surface area contributed by atoms with Gasteiger partial charge in [-0.3, -0.25) is 10.4 Å². The van der Waals surface area contributed by atoms with Gasteiger partial charge < -0.3 is 4.57 Å². The van der Waals surface area contributed by atoms with E-state index in [1.165, 1.54) is 12.0 Å². The highest BCUT2D eigenvalue weighted by atomic mass is 15.5. The van der Waals surface area contributed by atoms with Crippen molar-refractivity contribution in [3.05, 3.63) is 24.0 Å². The third-order valence-electron chi connectivity index (χ3n) is 1.89. The number of hydrazine groups is 1. The van der Waals surface area contributed by atoms with Gasteiger partial charge in [-0.1, -0.05) is 6.92 Å². The zero-order valence-corrected chi connectivity index (χ0v) is 8.75. The highest BCUT2D eigenvalue weighted by Crippen LogP contribution is 2.01. The Morgan fingerprint density at radius 2 is 2.23 bits per heavy atom. The van der Waals surface area contributed by atoms with Gasteiger partial charge in [-0.05, 0) is 18.1 Å². The molecule has 1 N–H and O–H groups in total. The standard InChI is InChI=1S/C10H19N3/c1-4-6-13-7-5-10(9-13)8-11-12(2)3/h5,7,9,11H,4,6,8H2,1-3H3. The molecule has 0 aliphatic carbocycles. The first-order chi connectivity index (χ1) is 6.22. The minimum atomic E-state index is 0.906.